The van der Waals surface area contributed by atoms with Crippen LogP contribution in [0.25, 0.3) is 0 Å². The van der Waals surface area contributed by atoms with Crippen LogP contribution in [-0.2, 0) is 28.6 Å². The highest BCUT2D eigenvalue weighted by Crippen LogP contribution is 2.19. The first-order valence-electron chi connectivity index (χ1n) is 31.8. The molecule has 6 heteroatoms. The van der Waals surface area contributed by atoms with E-state index in [1.165, 1.54) is 250 Å². The maximum Gasteiger partial charge on any atom is 0.306 e. The Bertz CT molecular complexity index is 1070. The Morgan fingerprint density at radius 3 is 0.814 bits per heavy atom. The Morgan fingerprint density at radius 2 is 0.543 bits per heavy atom. The summed E-state index contributed by atoms with van der Waals surface area (Å²) < 4.78 is 17.0. The summed E-state index contributed by atoms with van der Waals surface area (Å²) in [6, 6.07) is 0. The highest BCUT2D eigenvalue weighted by Gasteiger charge is 2.19. The van der Waals surface area contributed by atoms with Crippen molar-refractivity contribution < 1.29 is 28.6 Å². The van der Waals surface area contributed by atoms with Crippen molar-refractivity contribution in [3.05, 3.63) is 0 Å². The van der Waals surface area contributed by atoms with Crippen LogP contribution in [0.4, 0.5) is 0 Å². The average molecular weight is 990 g/mol. The summed E-state index contributed by atoms with van der Waals surface area (Å²) in [4.78, 5) is 38.3. The largest absolute Gasteiger partial charge is 0.462 e. The van der Waals surface area contributed by atoms with Gasteiger partial charge in [0.2, 0.25) is 0 Å². The second-order valence-electron chi connectivity index (χ2n) is 22.8. The van der Waals surface area contributed by atoms with E-state index in [4.69, 9.17) is 14.2 Å². The third-order valence-corrected chi connectivity index (χ3v) is 15.1. The number of carbonyl (C=O) groups excluding carboxylic acids is 3. The lowest BCUT2D eigenvalue weighted by molar-refractivity contribution is -0.167. The van der Waals surface area contributed by atoms with E-state index in [0.717, 1.165) is 69.6 Å². The van der Waals surface area contributed by atoms with Crippen LogP contribution < -0.4 is 0 Å². The van der Waals surface area contributed by atoms with Gasteiger partial charge in [-0.15, -0.1) is 0 Å². The van der Waals surface area contributed by atoms with E-state index in [2.05, 4.69) is 34.6 Å². The van der Waals surface area contributed by atoms with Crippen LogP contribution in [0.1, 0.15) is 362 Å². The number of carbonyl (C=O) groups is 3. The van der Waals surface area contributed by atoms with Crippen LogP contribution in [0.5, 0.6) is 0 Å². The minimum Gasteiger partial charge on any atom is -0.462 e. The first-order valence-corrected chi connectivity index (χ1v) is 31.8. The van der Waals surface area contributed by atoms with Crippen molar-refractivity contribution in [1.29, 1.82) is 0 Å². The predicted molar refractivity (Wildman–Crippen MR) is 303 cm³/mol. The fourth-order valence-electron chi connectivity index (χ4n) is 9.90. The molecule has 0 aromatic carbocycles. The van der Waals surface area contributed by atoms with Gasteiger partial charge < -0.3 is 14.2 Å². The van der Waals surface area contributed by atoms with Gasteiger partial charge in [-0.3, -0.25) is 14.4 Å². The van der Waals surface area contributed by atoms with Gasteiger partial charge in [0.15, 0.2) is 6.10 Å². The highest BCUT2D eigenvalue weighted by molar-refractivity contribution is 5.71. The molecular formula is C64H124O6. The number of rotatable bonds is 58. The van der Waals surface area contributed by atoms with Gasteiger partial charge in [0, 0.05) is 19.3 Å². The molecule has 2 atom stereocenters. The fourth-order valence-corrected chi connectivity index (χ4v) is 9.90. The number of esters is 3. The summed E-state index contributed by atoms with van der Waals surface area (Å²) in [6.07, 6.45) is 62.4. The molecule has 0 spiro atoms. The number of hydrogen-bond acceptors (Lipinski definition) is 6. The number of hydrogen-bond donors (Lipinski definition) is 0. The van der Waals surface area contributed by atoms with Gasteiger partial charge in [-0.25, -0.2) is 0 Å². The monoisotopic (exact) mass is 989 g/mol. The molecule has 0 saturated heterocycles. The lowest BCUT2D eigenvalue weighted by Crippen LogP contribution is -2.30. The molecule has 0 saturated carbocycles. The van der Waals surface area contributed by atoms with Crippen LogP contribution in [0.2, 0.25) is 0 Å². The van der Waals surface area contributed by atoms with E-state index in [9.17, 15) is 14.4 Å². The second-order valence-corrected chi connectivity index (χ2v) is 22.8. The van der Waals surface area contributed by atoms with Crippen molar-refractivity contribution >= 4 is 17.9 Å². The highest BCUT2D eigenvalue weighted by atomic mass is 16.6. The molecule has 0 aromatic rings. The van der Waals surface area contributed by atoms with E-state index in [1.54, 1.807) is 0 Å². The van der Waals surface area contributed by atoms with Crippen molar-refractivity contribution in [3.63, 3.8) is 0 Å². The topological polar surface area (TPSA) is 78.9 Å². The number of ether oxygens (including phenoxy) is 3. The van der Waals surface area contributed by atoms with Gasteiger partial charge in [-0.2, -0.15) is 0 Å². The van der Waals surface area contributed by atoms with Crippen molar-refractivity contribution in [2.24, 2.45) is 11.8 Å². The fraction of sp³-hybridized carbons (Fsp3) is 0.953. The van der Waals surface area contributed by atoms with Gasteiger partial charge >= 0.3 is 17.9 Å². The third kappa shape index (κ3) is 55.7. The van der Waals surface area contributed by atoms with E-state index >= 15 is 0 Å². The molecule has 0 fully saturated rings. The van der Waals surface area contributed by atoms with Crippen molar-refractivity contribution in [2.45, 2.75) is 368 Å². The molecule has 416 valence electrons. The predicted octanol–water partition coefficient (Wildman–Crippen LogP) is 21.2. The Balaban J connectivity index is 4.28. The summed E-state index contributed by atoms with van der Waals surface area (Å²) in [5.74, 6) is 0.895. The van der Waals surface area contributed by atoms with Gasteiger partial charge in [-0.1, -0.05) is 324 Å². The second kappa shape index (κ2) is 56.7. The van der Waals surface area contributed by atoms with Crippen LogP contribution >= 0.6 is 0 Å². The summed E-state index contributed by atoms with van der Waals surface area (Å²) in [5, 5.41) is 0. The summed E-state index contributed by atoms with van der Waals surface area (Å²) in [7, 11) is 0. The van der Waals surface area contributed by atoms with E-state index in [0.29, 0.717) is 19.3 Å². The van der Waals surface area contributed by atoms with Crippen molar-refractivity contribution in [1.82, 2.24) is 0 Å². The molecule has 0 aliphatic carbocycles. The maximum absolute atomic E-state index is 12.9. The molecule has 0 heterocycles. The SMILES string of the molecule is CCCCCCCCCCCCCCCCCCCCCC(=O)OC[C@@H](COC(=O)CCCCCCCCCCCCCCCCC(C)CC)OC(=O)CCCCCCCCCCCCCCC(C)C. The number of unbranched alkanes of at least 4 members (excludes halogenated alkanes) is 42. The molecule has 0 rings (SSSR count). The van der Waals surface area contributed by atoms with E-state index in [-0.39, 0.29) is 31.1 Å². The minimum absolute atomic E-state index is 0.0621. The normalized spacial score (nSPS) is 12.4. The Morgan fingerprint density at radius 1 is 0.300 bits per heavy atom. The lowest BCUT2D eigenvalue weighted by Gasteiger charge is -2.18. The van der Waals surface area contributed by atoms with E-state index < -0.39 is 6.10 Å². The third-order valence-electron chi connectivity index (χ3n) is 15.1. The molecule has 6 nitrogen and oxygen atoms in total. The zero-order valence-corrected chi connectivity index (χ0v) is 48.2. The van der Waals surface area contributed by atoms with E-state index in [1.807, 2.05) is 0 Å². The quantitative estimate of drug-likeness (QED) is 0.0343. The molecule has 0 amide bonds. The van der Waals surface area contributed by atoms with Crippen molar-refractivity contribution in [2.75, 3.05) is 13.2 Å². The molecule has 0 N–H and O–H groups in total. The molecule has 1 unspecified atom stereocenters. The minimum atomic E-state index is -0.764. The molecule has 0 aliphatic rings. The van der Waals surface area contributed by atoms with Crippen LogP contribution in [0.15, 0.2) is 0 Å². The van der Waals surface area contributed by atoms with Gasteiger partial charge in [-0.05, 0) is 31.1 Å². The lowest BCUT2D eigenvalue weighted by atomic mass is 9.99. The average Bonchev–Trinajstić information content (AvgIpc) is 3.35. The Labute approximate surface area is 438 Å². The van der Waals surface area contributed by atoms with Gasteiger partial charge in [0.05, 0.1) is 0 Å². The smallest absolute Gasteiger partial charge is 0.306 e. The van der Waals surface area contributed by atoms with Crippen LogP contribution in [-0.4, -0.2) is 37.2 Å². The molecule has 0 bridgehead atoms. The Hall–Kier alpha value is -1.59. The van der Waals surface area contributed by atoms with Crippen molar-refractivity contribution in [3.8, 4) is 0 Å². The Kier molecular flexibility index (Phi) is 55.4. The molecule has 0 aromatic heterocycles. The zero-order valence-electron chi connectivity index (χ0n) is 48.2. The first-order chi connectivity index (χ1) is 34.3. The molecule has 70 heavy (non-hydrogen) atoms. The summed E-state index contributed by atoms with van der Waals surface area (Å²) in [5.41, 5.74) is 0. The molecule has 0 aliphatic heterocycles. The van der Waals surface area contributed by atoms with Crippen LogP contribution in [0.3, 0.4) is 0 Å². The zero-order chi connectivity index (χ0) is 51.1. The summed E-state index contributed by atoms with van der Waals surface area (Å²) in [6.45, 7) is 11.5. The first kappa shape index (κ1) is 68.4. The molecule has 0 radical (unpaired) electrons. The van der Waals surface area contributed by atoms with Gasteiger partial charge in [0.25, 0.3) is 0 Å². The van der Waals surface area contributed by atoms with Crippen LogP contribution in [0, 0.1) is 11.8 Å². The van der Waals surface area contributed by atoms with Gasteiger partial charge in [0.1, 0.15) is 13.2 Å². The maximum atomic E-state index is 12.9. The summed E-state index contributed by atoms with van der Waals surface area (Å²) >= 11 is 0. The molecular weight excluding hydrogens is 865 g/mol. The standard InChI is InChI=1S/C64H124O6/c1-6-8-9-10-11-12-13-14-15-16-17-18-19-23-29-34-39-44-49-54-62(65)68-57-61(70-64(67)56-51-46-41-36-31-26-25-27-32-37-42-47-52-59(3)4)58-69-63(66)55-50-45-40-35-30-24-21-20-22-28-33-38-43-48-53-60(5)7-2/h59-61H,6-58H2,1-5H3/t60?,61-/m0/s1.